The molecule has 0 amide bonds. The van der Waals surface area contributed by atoms with E-state index in [9.17, 15) is 0 Å². The lowest BCUT2D eigenvalue weighted by Crippen LogP contribution is -1.84. The summed E-state index contributed by atoms with van der Waals surface area (Å²) in [7, 11) is 0. The van der Waals surface area contributed by atoms with E-state index in [4.69, 9.17) is 4.42 Å². The van der Waals surface area contributed by atoms with Crippen LogP contribution >= 0.6 is 15.9 Å². The Morgan fingerprint density at radius 1 is 1.38 bits per heavy atom. The summed E-state index contributed by atoms with van der Waals surface area (Å²) in [6.07, 6.45) is 1.33. The quantitative estimate of drug-likeness (QED) is 0.767. The Kier molecular flexibility index (Phi) is 2.14. The van der Waals surface area contributed by atoms with Crippen molar-refractivity contribution in [2.75, 3.05) is 0 Å². The van der Waals surface area contributed by atoms with Crippen molar-refractivity contribution < 1.29 is 4.42 Å². The SMILES string of the molecule is Cc1c(Br)cccc1-c1nnco1. The van der Waals surface area contributed by atoms with Crippen LogP contribution in [0.25, 0.3) is 11.5 Å². The van der Waals surface area contributed by atoms with Gasteiger partial charge in [-0.3, -0.25) is 0 Å². The molecule has 4 heteroatoms. The van der Waals surface area contributed by atoms with Crippen LogP contribution in [0.1, 0.15) is 5.56 Å². The largest absolute Gasteiger partial charge is 0.423 e. The predicted molar refractivity (Wildman–Crippen MR) is 52.2 cm³/mol. The molecule has 3 nitrogen and oxygen atoms in total. The van der Waals surface area contributed by atoms with Gasteiger partial charge in [0.05, 0.1) is 0 Å². The van der Waals surface area contributed by atoms with E-state index < -0.39 is 0 Å². The molecule has 0 aliphatic rings. The summed E-state index contributed by atoms with van der Waals surface area (Å²) in [4.78, 5) is 0. The summed E-state index contributed by atoms with van der Waals surface area (Å²) in [6, 6.07) is 5.87. The fourth-order valence-corrected chi connectivity index (χ4v) is 1.50. The molecule has 0 saturated heterocycles. The monoisotopic (exact) mass is 238 g/mol. The average Bonchev–Trinajstić information content (AvgIpc) is 2.62. The smallest absolute Gasteiger partial charge is 0.247 e. The van der Waals surface area contributed by atoms with Crippen LogP contribution in [0.4, 0.5) is 0 Å². The highest BCUT2D eigenvalue weighted by Gasteiger charge is 2.07. The molecular formula is C9H7BrN2O. The molecule has 0 aliphatic carbocycles. The molecule has 13 heavy (non-hydrogen) atoms. The normalized spacial score (nSPS) is 10.3. The Balaban J connectivity index is 2.59. The first-order valence-electron chi connectivity index (χ1n) is 3.80. The predicted octanol–water partition coefficient (Wildman–Crippen LogP) is 2.81. The Hall–Kier alpha value is -1.16. The minimum absolute atomic E-state index is 0.554. The van der Waals surface area contributed by atoms with Gasteiger partial charge in [0.1, 0.15) is 0 Å². The van der Waals surface area contributed by atoms with E-state index in [1.165, 1.54) is 6.39 Å². The van der Waals surface area contributed by atoms with Crippen molar-refractivity contribution in [3.8, 4) is 11.5 Å². The van der Waals surface area contributed by atoms with Crippen LogP contribution in [0.5, 0.6) is 0 Å². The topological polar surface area (TPSA) is 38.9 Å². The maximum Gasteiger partial charge on any atom is 0.247 e. The summed E-state index contributed by atoms with van der Waals surface area (Å²) < 4.78 is 6.16. The number of aromatic nitrogens is 2. The molecule has 0 bridgehead atoms. The van der Waals surface area contributed by atoms with Gasteiger partial charge in [-0.15, -0.1) is 10.2 Å². The van der Waals surface area contributed by atoms with Gasteiger partial charge in [-0.05, 0) is 24.6 Å². The Bertz CT molecular complexity index is 412. The number of halogens is 1. The van der Waals surface area contributed by atoms with Gasteiger partial charge in [0.15, 0.2) is 0 Å². The number of hydrogen-bond acceptors (Lipinski definition) is 3. The summed E-state index contributed by atoms with van der Waals surface area (Å²) in [6.45, 7) is 2.00. The zero-order chi connectivity index (χ0) is 9.26. The van der Waals surface area contributed by atoms with Crippen molar-refractivity contribution in [1.82, 2.24) is 10.2 Å². The van der Waals surface area contributed by atoms with E-state index in [1.54, 1.807) is 0 Å². The second-order valence-corrected chi connectivity index (χ2v) is 3.51. The molecular weight excluding hydrogens is 232 g/mol. The molecule has 0 radical (unpaired) electrons. The molecule has 66 valence electrons. The molecule has 0 unspecified atom stereocenters. The van der Waals surface area contributed by atoms with Gasteiger partial charge in [0.2, 0.25) is 12.3 Å². The van der Waals surface area contributed by atoms with Crippen molar-refractivity contribution >= 4 is 15.9 Å². The Morgan fingerprint density at radius 3 is 2.92 bits per heavy atom. The van der Waals surface area contributed by atoms with Crippen LogP contribution in [-0.2, 0) is 0 Å². The first-order chi connectivity index (χ1) is 6.29. The molecule has 2 aromatic rings. The highest BCUT2D eigenvalue weighted by atomic mass is 79.9. The third-order valence-corrected chi connectivity index (χ3v) is 2.72. The lowest BCUT2D eigenvalue weighted by Gasteiger charge is -2.01. The molecule has 0 aliphatic heterocycles. The van der Waals surface area contributed by atoms with Gasteiger partial charge >= 0.3 is 0 Å². The van der Waals surface area contributed by atoms with Crippen LogP contribution in [0, 0.1) is 6.92 Å². The fourth-order valence-electron chi connectivity index (χ4n) is 1.13. The van der Waals surface area contributed by atoms with Crippen LogP contribution in [0.15, 0.2) is 33.5 Å². The molecule has 0 N–H and O–H groups in total. The first-order valence-corrected chi connectivity index (χ1v) is 4.60. The van der Waals surface area contributed by atoms with Crippen molar-refractivity contribution in [3.05, 3.63) is 34.6 Å². The van der Waals surface area contributed by atoms with E-state index in [1.807, 2.05) is 25.1 Å². The summed E-state index contributed by atoms with van der Waals surface area (Å²) in [5.41, 5.74) is 2.07. The molecule has 0 atom stereocenters. The first kappa shape index (κ1) is 8.44. The zero-order valence-electron chi connectivity index (χ0n) is 6.99. The number of rotatable bonds is 1. The average molecular weight is 239 g/mol. The molecule has 1 aromatic heterocycles. The van der Waals surface area contributed by atoms with Gasteiger partial charge in [-0.2, -0.15) is 0 Å². The lowest BCUT2D eigenvalue weighted by atomic mass is 10.1. The van der Waals surface area contributed by atoms with E-state index >= 15 is 0 Å². The third-order valence-electron chi connectivity index (χ3n) is 1.86. The Morgan fingerprint density at radius 2 is 2.23 bits per heavy atom. The van der Waals surface area contributed by atoms with Crippen molar-refractivity contribution in [2.24, 2.45) is 0 Å². The number of hydrogen-bond donors (Lipinski definition) is 0. The van der Waals surface area contributed by atoms with E-state index in [2.05, 4.69) is 26.1 Å². The van der Waals surface area contributed by atoms with Gasteiger partial charge in [-0.25, -0.2) is 0 Å². The minimum atomic E-state index is 0.554. The van der Waals surface area contributed by atoms with Crippen LogP contribution in [-0.4, -0.2) is 10.2 Å². The van der Waals surface area contributed by atoms with Crippen molar-refractivity contribution in [3.63, 3.8) is 0 Å². The lowest BCUT2D eigenvalue weighted by molar-refractivity contribution is 0.568. The van der Waals surface area contributed by atoms with Crippen LogP contribution < -0.4 is 0 Å². The van der Waals surface area contributed by atoms with E-state index in [0.29, 0.717) is 5.89 Å². The number of benzene rings is 1. The third kappa shape index (κ3) is 1.49. The van der Waals surface area contributed by atoms with Gasteiger partial charge < -0.3 is 4.42 Å². The Labute approximate surface area is 83.9 Å². The second kappa shape index (κ2) is 3.30. The van der Waals surface area contributed by atoms with Crippen LogP contribution in [0.2, 0.25) is 0 Å². The van der Waals surface area contributed by atoms with Gasteiger partial charge in [-0.1, -0.05) is 22.0 Å². The van der Waals surface area contributed by atoms with Crippen molar-refractivity contribution in [2.45, 2.75) is 6.92 Å². The van der Waals surface area contributed by atoms with E-state index in [-0.39, 0.29) is 0 Å². The molecule has 1 aromatic carbocycles. The molecule has 2 rings (SSSR count). The van der Waals surface area contributed by atoms with Gasteiger partial charge in [0.25, 0.3) is 0 Å². The summed E-state index contributed by atoms with van der Waals surface area (Å²) in [5, 5.41) is 7.49. The van der Waals surface area contributed by atoms with E-state index in [0.717, 1.165) is 15.6 Å². The molecule has 0 fully saturated rings. The van der Waals surface area contributed by atoms with Crippen LogP contribution in [0.3, 0.4) is 0 Å². The molecule has 0 spiro atoms. The maximum atomic E-state index is 5.11. The summed E-state index contributed by atoms with van der Waals surface area (Å²) in [5.74, 6) is 0.554. The zero-order valence-corrected chi connectivity index (χ0v) is 8.58. The number of nitrogens with zero attached hydrogens (tertiary/aromatic N) is 2. The second-order valence-electron chi connectivity index (χ2n) is 2.66. The summed E-state index contributed by atoms with van der Waals surface area (Å²) >= 11 is 3.44. The molecule has 1 heterocycles. The fraction of sp³-hybridized carbons (Fsp3) is 0.111. The molecule has 0 saturated carbocycles. The van der Waals surface area contributed by atoms with Crippen molar-refractivity contribution in [1.29, 1.82) is 0 Å². The van der Waals surface area contributed by atoms with Gasteiger partial charge in [0, 0.05) is 10.0 Å². The highest BCUT2D eigenvalue weighted by Crippen LogP contribution is 2.26. The highest BCUT2D eigenvalue weighted by molar-refractivity contribution is 9.10. The standard InChI is InChI=1S/C9H7BrN2O/c1-6-7(3-2-4-8(6)10)9-12-11-5-13-9/h2-5H,1H3. The maximum absolute atomic E-state index is 5.11. The minimum Gasteiger partial charge on any atom is -0.423 e.